The number of aromatic nitrogens is 1. The quantitative estimate of drug-likeness (QED) is 0.783. The normalized spacial score (nSPS) is 11.7. The Morgan fingerprint density at radius 3 is 2.71 bits per heavy atom. The fourth-order valence-corrected chi connectivity index (χ4v) is 2.47. The van der Waals surface area contributed by atoms with Crippen molar-refractivity contribution in [3.63, 3.8) is 0 Å². The minimum atomic E-state index is 0.0753. The molecule has 17 heavy (non-hydrogen) atoms. The fourth-order valence-electron chi connectivity index (χ4n) is 1.44. The largest absolute Gasteiger partial charge is 0.458 e. The van der Waals surface area contributed by atoms with E-state index in [1.165, 1.54) is 0 Å². The third-order valence-corrected chi connectivity index (χ3v) is 3.29. The molecular weight excluding hydrogens is 234 g/mol. The van der Waals surface area contributed by atoms with Crippen LogP contribution in [0.25, 0.3) is 0 Å². The van der Waals surface area contributed by atoms with Crippen LogP contribution in [0.1, 0.15) is 47.8 Å². The van der Waals surface area contributed by atoms with Gasteiger partial charge in [-0.1, -0.05) is 20.8 Å². The van der Waals surface area contributed by atoms with E-state index in [4.69, 9.17) is 4.42 Å². The van der Waals surface area contributed by atoms with E-state index in [1.54, 1.807) is 17.4 Å². The number of thiazole rings is 1. The van der Waals surface area contributed by atoms with E-state index in [2.05, 4.69) is 31.1 Å². The van der Waals surface area contributed by atoms with E-state index >= 15 is 0 Å². The van der Waals surface area contributed by atoms with Gasteiger partial charge in [0.05, 0.1) is 12.1 Å². The Kier molecular flexibility index (Phi) is 3.15. The maximum absolute atomic E-state index is 10.5. The number of hydrogen-bond acceptors (Lipinski definition) is 4. The first-order valence-electron chi connectivity index (χ1n) is 5.48. The number of rotatable bonds is 3. The lowest BCUT2D eigenvalue weighted by Gasteiger charge is -2.14. The average molecular weight is 249 g/mol. The third-order valence-electron chi connectivity index (χ3n) is 2.44. The Morgan fingerprint density at radius 1 is 1.41 bits per heavy atom. The molecule has 2 aromatic heterocycles. The van der Waals surface area contributed by atoms with Crippen molar-refractivity contribution in [1.82, 2.24) is 4.98 Å². The maximum atomic E-state index is 10.5. The van der Waals surface area contributed by atoms with Crippen LogP contribution in [0, 0.1) is 0 Å². The zero-order chi connectivity index (χ0) is 12.5. The zero-order valence-electron chi connectivity index (χ0n) is 10.2. The van der Waals surface area contributed by atoms with Crippen molar-refractivity contribution < 1.29 is 9.21 Å². The predicted octanol–water partition coefficient (Wildman–Crippen LogP) is 3.44. The summed E-state index contributed by atoms with van der Waals surface area (Å²) in [6.07, 6.45) is 1.36. The number of carbonyl (C=O) groups excluding carboxylic acids is 1. The molecule has 0 aliphatic rings. The lowest BCUT2D eigenvalue weighted by Crippen LogP contribution is -2.11. The Labute approximate surface area is 104 Å². The maximum Gasteiger partial charge on any atom is 0.185 e. The number of aldehydes is 1. The summed E-state index contributed by atoms with van der Waals surface area (Å²) in [7, 11) is 0. The highest BCUT2D eigenvalue weighted by molar-refractivity contribution is 7.09. The van der Waals surface area contributed by atoms with Crippen LogP contribution < -0.4 is 0 Å². The molecule has 0 atom stereocenters. The van der Waals surface area contributed by atoms with Gasteiger partial charge in [0.1, 0.15) is 10.8 Å². The van der Waals surface area contributed by atoms with Gasteiger partial charge in [-0.15, -0.1) is 11.3 Å². The molecule has 0 N–H and O–H groups in total. The summed E-state index contributed by atoms with van der Waals surface area (Å²) in [4.78, 5) is 15.1. The first kappa shape index (κ1) is 12.0. The molecule has 0 unspecified atom stereocenters. The van der Waals surface area contributed by atoms with E-state index in [1.807, 2.05) is 6.07 Å². The first-order valence-corrected chi connectivity index (χ1v) is 6.36. The molecule has 0 bridgehead atoms. The molecule has 0 fully saturated rings. The van der Waals surface area contributed by atoms with Gasteiger partial charge in [-0.3, -0.25) is 4.79 Å². The third kappa shape index (κ3) is 2.82. The number of furan rings is 1. The standard InChI is InChI=1S/C13H15NO2S/c1-13(2,3)11-8-17-12(14-11)6-9-4-5-10(7-15)16-9/h4-5,7-8H,6H2,1-3H3. The van der Waals surface area contributed by atoms with Crippen molar-refractivity contribution in [1.29, 1.82) is 0 Å². The topological polar surface area (TPSA) is 43.1 Å². The molecule has 3 nitrogen and oxygen atoms in total. The minimum Gasteiger partial charge on any atom is -0.458 e. The summed E-state index contributed by atoms with van der Waals surface area (Å²) in [5.41, 5.74) is 1.17. The molecule has 0 amide bonds. The molecular formula is C13H15NO2S. The molecule has 4 heteroatoms. The van der Waals surface area contributed by atoms with Gasteiger partial charge in [0.25, 0.3) is 0 Å². The Bertz CT molecular complexity index is 520. The van der Waals surface area contributed by atoms with Crippen molar-refractivity contribution in [3.8, 4) is 0 Å². The summed E-state index contributed by atoms with van der Waals surface area (Å²) < 4.78 is 5.33. The molecule has 2 heterocycles. The van der Waals surface area contributed by atoms with E-state index < -0.39 is 0 Å². The molecule has 0 aliphatic heterocycles. The number of hydrogen-bond donors (Lipinski definition) is 0. The summed E-state index contributed by atoms with van der Waals surface area (Å²) in [5, 5.41) is 3.10. The molecule has 0 saturated carbocycles. The van der Waals surface area contributed by atoms with Crippen molar-refractivity contribution in [3.05, 3.63) is 39.7 Å². The SMILES string of the molecule is CC(C)(C)c1csc(Cc2ccc(C=O)o2)n1. The van der Waals surface area contributed by atoms with E-state index in [0.717, 1.165) is 16.5 Å². The Balaban J connectivity index is 2.14. The Morgan fingerprint density at radius 2 is 2.18 bits per heavy atom. The summed E-state index contributed by atoms with van der Waals surface area (Å²) in [5.74, 6) is 1.15. The number of nitrogens with zero attached hydrogens (tertiary/aromatic N) is 1. The van der Waals surface area contributed by atoms with Gasteiger partial charge >= 0.3 is 0 Å². The second-order valence-electron chi connectivity index (χ2n) is 4.98. The van der Waals surface area contributed by atoms with Crippen LogP contribution in [0.3, 0.4) is 0 Å². The molecule has 90 valence electrons. The van der Waals surface area contributed by atoms with Crippen LogP contribution in [0.2, 0.25) is 0 Å². The van der Waals surface area contributed by atoms with Gasteiger partial charge in [0.15, 0.2) is 12.0 Å². The molecule has 0 saturated heterocycles. The van der Waals surface area contributed by atoms with Crippen LogP contribution in [0.4, 0.5) is 0 Å². The Hall–Kier alpha value is -1.42. The van der Waals surface area contributed by atoms with Crippen molar-refractivity contribution >= 4 is 17.6 Å². The molecule has 0 spiro atoms. The van der Waals surface area contributed by atoms with Gasteiger partial charge in [0, 0.05) is 10.8 Å². The van der Waals surface area contributed by atoms with Crippen molar-refractivity contribution in [2.75, 3.05) is 0 Å². The molecule has 2 aromatic rings. The molecule has 2 rings (SSSR count). The highest BCUT2D eigenvalue weighted by Crippen LogP contribution is 2.25. The van der Waals surface area contributed by atoms with E-state index in [9.17, 15) is 4.79 Å². The summed E-state index contributed by atoms with van der Waals surface area (Å²) >= 11 is 1.63. The molecule has 0 radical (unpaired) electrons. The van der Waals surface area contributed by atoms with Crippen molar-refractivity contribution in [2.24, 2.45) is 0 Å². The van der Waals surface area contributed by atoms with Gasteiger partial charge < -0.3 is 4.42 Å². The van der Waals surface area contributed by atoms with Gasteiger partial charge in [-0.05, 0) is 12.1 Å². The zero-order valence-corrected chi connectivity index (χ0v) is 11.0. The average Bonchev–Trinajstić information content (AvgIpc) is 2.86. The number of carbonyl (C=O) groups is 1. The minimum absolute atomic E-state index is 0.0753. The highest BCUT2D eigenvalue weighted by Gasteiger charge is 2.17. The lowest BCUT2D eigenvalue weighted by molar-refractivity contribution is 0.109. The van der Waals surface area contributed by atoms with Crippen LogP contribution in [-0.2, 0) is 11.8 Å². The van der Waals surface area contributed by atoms with Crippen LogP contribution in [0.15, 0.2) is 21.9 Å². The lowest BCUT2D eigenvalue weighted by atomic mass is 9.93. The summed E-state index contributed by atoms with van der Waals surface area (Å²) in [6.45, 7) is 6.43. The summed E-state index contributed by atoms with van der Waals surface area (Å²) in [6, 6.07) is 3.50. The highest BCUT2D eigenvalue weighted by atomic mass is 32.1. The van der Waals surface area contributed by atoms with E-state index in [0.29, 0.717) is 18.5 Å². The second-order valence-corrected chi connectivity index (χ2v) is 5.92. The predicted molar refractivity (Wildman–Crippen MR) is 67.7 cm³/mol. The van der Waals surface area contributed by atoms with Gasteiger partial charge in [0.2, 0.25) is 0 Å². The van der Waals surface area contributed by atoms with Crippen LogP contribution in [-0.4, -0.2) is 11.3 Å². The second kappa shape index (κ2) is 4.45. The monoisotopic (exact) mass is 249 g/mol. The molecule has 0 aromatic carbocycles. The van der Waals surface area contributed by atoms with Crippen LogP contribution in [0.5, 0.6) is 0 Å². The molecule has 0 aliphatic carbocycles. The first-order chi connectivity index (χ1) is 7.99. The van der Waals surface area contributed by atoms with E-state index in [-0.39, 0.29) is 5.41 Å². The van der Waals surface area contributed by atoms with Crippen molar-refractivity contribution in [2.45, 2.75) is 32.6 Å². The van der Waals surface area contributed by atoms with Crippen LogP contribution >= 0.6 is 11.3 Å². The van der Waals surface area contributed by atoms with Gasteiger partial charge in [-0.25, -0.2) is 4.98 Å². The smallest absolute Gasteiger partial charge is 0.185 e. The van der Waals surface area contributed by atoms with Gasteiger partial charge in [-0.2, -0.15) is 0 Å². The fraction of sp³-hybridized carbons (Fsp3) is 0.385.